The molecule has 0 aliphatic carbocycles. The summed E-state index contributed by atoms with van der Waals surface area (Å²) in [4.78, 5) is 0. The van der Waals surface area contributed by atoms with Crippen molar-refractivity contribution in [2.24, 2.45) is 0 Å². The smallest absolute Gasteiger partial charge is 0.163 e. The van der Waals surface area contributed by atoms with Crippen molar-refractivity contribution in [1.82, 2.24) is 0 Å². The van der Waals surface area contributed by atoms with Gasteiger partial charge in [-0.25, -0.2) is 0 Å². The van der Waals surface area contributed by atoms with Crippen LogP contribution in [0.25, 0.3) is 0 Å². The summed E-state index contributed by atoms with van der Waals surface area (Å²) in [7, 11) is 1.64. The summed E-state index contributed by atoms with van der Waals surface area (Å²) in [5, 5.41) is 3.45. The maximum Gasteiger partial charge on any atom is 0.163 e. The third-order valence-electron chi connectivity index (χ3n) is 3.10. The standard InChI is InChI=1S/C16H21NO3/c1-4-13(14-7-6-10-20-14)17-12-8-9-15(18-3)16(11-12)19-5-2/h6-11,13,17H,4-5H2,1-3H3. The van der Waals surface area contributed by atoms with Gasteiger partial charge in [-0.05, 0) is 37.6 Å². The van der Waals surface area contributed by atoms with Gasteiger partial charge in [0.25, 0.3) is 0 Å². The van der Waals surface area contributed by atoms with E-state index in [0.717, 1.165) is 29.4 Å². The Morgan fingerprint density at radius 2 is 2.05 bits per heavy atom. The number of methoxy groups -OCH3 is 1. The molecule has 0 bridgehead atoms. The summed E-state index contributed by atoms with van der Waals surface area (Å²) in [6, 6.07) is 9.86. The Labute approximate surface area is 119 Å². The quantitative estimate of drug-likeness (QED) is 0.820. The van der Waals surface area contributed by atoms with Gasteiger partial charge in [-0.2, -0.15) is 0 Å². The van der Waals surface area contributed by atoms with Gasteiger partial charge in [-0.3, -0.25) is 0 Å². The summed E-state index contributed by atoms with van der Waals surface area (Å²) >= 11 is 0. The van der Waals surface area contributed by atoms with Gasteiger partial charge in [0, 0.05) is 11.8 Å². The zero-order valence-corrected chi connectivity index (χ0v) is 12.2. The lowest BCUT2D eigenvalue weighted by molar-refractivity contribution is 0.311. The molecule has 4 nitrogen and oxygen atoms in total. The lowest BCUT2D eigenvalue weighted by atomic mass is 10.1. The molecule has 2 aromatic rings. The van der Waals surface area contributed by atoms with Crippen LogP contribution in [-0.4, -0.2) is 13.7 Å². The molecule has 1 unspecified atom stereocenters. The third-order valence-corrected chi connectivity index (χ3v) is 3.10. The van der Waals surface area contributed by atoms with Crippen LogP contribution in [0.1, 0.15) is 32.1 Å². The molecule has 0 saturated carbocycles. The first-order chi connectivity index (χ1) is 9.78. The van der Waals surface area contributed by atoms with E-state index < -0.39 is 0 Å². The Hall–Kier alpha value is -2.10. The fraction of sp³-hybridized carbons (Fsp3) is 0.375. The zero-order valence-electron chi connectivity index (χ0n) is 12.2. The predicted molar refractivity (Wildman–Crippen MR) is 79.5 cm³/mol. The Morgan fingerprint density at radius 1 is 1.20 bits per heavy atom. The molecule has 0 aliphatic heterocycles. The molecule has 20 heavy (non-hydrogen) atoms. The lowest BCUT2D eigenvalue weighted by Gasteiger charge is -2.17. The van der Waals surface area contributed by atoms with Gasteiger partial charge in [-0.1, -0.05) is 6.92 Å². The van der Waals surface area contributed by atoms with Crippen molar-refractivity contribution < 1.29 is 13.9 Å². The van der Waals surface area contributed by atoms with Crippen molar-refractivity contribution in [2.75, 3.05) is 19.0 Å². The van der Waals surface area contributed by atoms with Gasteiger partial charge in [0.15, 0.2) is 11.5 Å². The van der Waals surface area contributed by atoms with Crippen LogP contribution in [0.2, 0.25) is 0 Å². The Kier molecular flexibility index (Phi) is 4.93. The second-order valence-electron chi connectivity index (χ2n) is 4.42. The normalized spacial score (nSPS) is 11.9. The van der Waals surface area contributed by atoms with Crippen LogP contribution in [0, 0.1) is 0 Å². The number of hydrogen-bond donors (Lipinski definition) is 1. The van der Waals surface area contributed by atoms with Crippen molar-refractivity contribution in [3.05, 3.63) is 42.4 Å². The number of nitrogens with one attached hydrogen (secondary N) is 1. The van der Waals surface area contributed by atoms with Crippen LogP contribution in [-0.2, 0) is 0 Å². The fourth-order valence-electron chi connectivity index (χ4n) is 2.10. The van der Waals surface area contributed by atoms with Gasteiger partial charge >= 0.3 is 0 Å². The highest BCUT2D eigenvalue weighted by Crippen LogP contribution is 2.32. The molecule has 1 heterocycles. The molecule has 0 radical (unpaired) electrons. The summed E-state index contributed by atoms with van der Waals surface area (Å²) in [5.41, 5.74) is 0.984. The first-order valence-corrected chi connectivity index (χ1v) is 6.89. The number of rotatable bonds is 7. The molecule has 1 atom stereocenters. The van der Waals surface area contributed by atoms with Gasteiger partial charge in [0.1, 0.15) is 5.76 Å². The second kappa shape index (κ2) is 6.89. The molecule has 1 aromatic carbocycles. The topological polar surface area (TPSA) is 43.6 Å². The molecule has 108 valence electrons. The zero-order chi connectivity index (χ0) is 14.4. The molecule has 1 aromatic heterocycles. The van der Waals surface area contributed by atoms with E-state index >= 15 is 0 Å². The van der Waals surface area contributed by atoms with E-state index in [9.17, 15) is 0 Å². The Bertz CT molecular complexity index is 523. The molecular weight excluding hydrogens is 254 g/mol. The molecule has 1 N–H and O–H groups in total. The number of ether oxygens (including phenoxy) is 2. The van der Waals surface area contributed by atoms with E-state index in [0.29, 0.717) is 6.61 Å². The van der Waals surface area contributed by atoms with E-state index in [2.05, 4.69) is 12.2 Å². The van der Waals surface area contributed by atoms with Gasteiger partial charge < -0.3 is 19.2 Å². The summed E-state index contributed by atoms with van der Waals surface area (Å²) in [6.07, 6.45) is 2.63. The van der Waals surface area contributed by atoms with Crippen LogP contribution >= 0.6 is 0 Å². The molecule has 0 fully saturated rings. The molecule has 0 amide bonds. The fourth-order valence-corrected chi connectivity index (χ4v) is 2.10. The maximum atomic E-state index is 5.59. The molecular formula is C16H21NO3. The first kappa shape index (κ1) is 14.3. The van der Waals surface area contributed by atoms with Crippen LogP contribution < -0.4 is 14.8 Å². The van der Waals surface area contributed by atoms with E-state index in [4.69, 9.17) is 13.9 Å². The molecule has 2 rings (SSSR count). The van der Waals surface area contributed by atoms with E-state index in [1.807, 2.05) is 37.3 Å². The van der Waals surface area contributed by atoms with Gasteiger partial charge in [0.05, 0.1) is 26.0 Å². The molecule has 0 saturated heterocycles. The Morgan fingerprint density at radius 3 is 2.65 bits per heavy atom. The highest BCUT2D eigenvalue weighted by molar-refractivity contribution is 5.55. The van der Waals surface area contributed by atoms with E-state index in [1.165, 1.54) is 0 Å². The van der Waals surface area contributed by atoms with Gasteiger partial charge in [-0.15, -0.1) is 0 Å². The Balaban J connectivity index is 2.18. The first-order valence-electron chi connectivity index (χ1n) is 6.89. The van der Waals surface area contributed by atoms with Crippen molar-refractivity contribution in [3.63, 3.8) is 0 Å². The summed E-state index contributed by atoms with van der Waals surface area (Å²) in [5.74, 6) is 2.42. The minimum Gasteiger partial charge on any atom is -0.493 e. The monoisotopic (exact) mass is 275 g/mol. The second-order valence-corrected chi connectivity index (χ2v) is 4.42. The molecule has 0 aliphatic rings. The van der Waals surface area contributed by atoms with Crippen molar-refractivity contribution in [1.29, 1.82) is 0 Å². The number of benzene rings is 1. The van der Waals surface area contributed by atoms with Crippen molar-refractivity contribution >= 4 is 5.69 Å². The largest absolute Gasteiger partial charge is 0.493 e. The summed E-state index contributed by atoms with van der Waals surface area (Å²) < 4.78 is 16.3. The number of hydrogen-bond acceptors (Lipinski definition) is 4. The lowest BCUT2D eigenvalue weighted by Crippen LogP contribution is -2.09. The molecule has 4 heteroatoms. The SMILES string of the molecule is CCOc1cc(NC(CC)c2ccco2)ccc1OC. The average Bonchev–Trinajstić information content (AvgIpc) is 2.99. The van der Waals surface area contributed by atoms with Crippen molar-refractivity contribution in [3.8, 4) is 11.5 Å². The molecule has 0 spiro atoms. The number of anilines is 1. The van der Waals surface area contributed by atoms with Crippen LogP contribution in [0.4, 0.5) is 5.69 Å². The minimum atomic E-state index is 0.146. The van der Waals surface area contributed by atoms with E-state index in [-0.39, 0.29) is 6.04 Å². The highest BCUT2D eigenvalue weighted by atomic mass is 16.5. The third kappa shape index (κ3) is 3.26. The van der Waals surface area contributed by atoms with Gasteiger partial charge in [0.2, 0.25) is 0 Å². The number of furan rings is 1. The minimum absolute atomic E-state index is 0.146. The van der Waals surface area contributed by atoms with Crippen LogP contribution in [0.5, 0.6) is 11.5 Å². The van der Waals surface area contributed by atoms with E-state index in [1.54, 1.807) is 13.4 Å². The highest BCUT2D eigenvalue weighted by Gasteiger charge is 2.13. The van der Waals surface area contributed by atoms with Crippen LogP contribution in [0.15, 0.2) is 41.0 Å². The maximum absolute atomic E-state index is 5.59. The predicted octanol–water partition coefficient (Wildman–Crippen LogP) is 4.25. The van der Waals surface area contributed by atoms with Crippen molar-refractivity contribution in [2.45, 2.75) is 26.3 Å². The van der Waals surface area contributed by atoms with Crippen LogP contribution in [0.3, 0.4) is 0 Å². The summed E-state index contributed by atoms with van der Waals surface area (Å²) in [6.45, 7) is 4.68. The average molecular weight is 275 g/mol.